The highest BCUT2D eigenvalue weighted by molar-refractivity contribution is 7.98. The summed E-state index contributed by atoms with van der Waals surface area (Å²) < 4.78 is 5.58. The molecule has 1 aliphatic rings. The molecule has 2 rings (SSSR count). The van der Waals surface area contributed by atoms with E-state index in [1.54, 1.807) is 11.8 Å². The number of rotatable bonds is 4. The predicted octanol–water partition coefficient (Wildman–Crippen LogP) is 2.70. The van der Waals surface area contributed by atoms with Gasteiger partial charge in [0.25, 0.3) is 0 Å². The first-order valence-corrected chi connectivity index (χ1v) is 7.85. The van der Waals surface area contributed by atoms with Gasteiger partial charge in [0, 0.05) is 23.0 Å². The van der Waals surface area contributed by atoms with Crippen molar-refractivity contribution < 1.29 is 9.53 Å². The maximum absolute atomic E-state index is 12.3. The highest BCUT2D eigenvalue weighted by Gasteiger charge is 2.25. The molecule has 3 nitrogen and oxygen atoms in total. The molecular weight excluding hydrogens is 258 g/mol. The Labute approximate surface area is 119 Å². The third kappa shape index (κ3) is 3.81. The molecule has 0 saturated carbocycles. The lowest BCUT2D eigenvalue weighted by atomic mass is 10.1. The maximum Gasteiger partial charge on any atom is 0.176 e. The van der Waals surface area contributed by atoms with Crippen LogP contribution in [-0.4, -0.2) is 48.8 Å². The Morgan fingerprint density at radius 3 is 2.68 bits per heavy atom. The van der Waals surface area contributed by atoms with Crippen LogP contribution in [0.4, 0.5) is 0 Å². The fourth-order valence-corrected chi connectivity index (χ4v) is 2.65. The zero-order valence-electron chi connectivity index (χ0n) is 11.8. The lowest BCUT2D eigenvalue weighted by Crippen LogP contribution is -2.49. The highest BCUT2D eigenvalue weighted by Crippen LogP contribution is 2.16. The van der Waals surface area contributed by atoms with E-state index in [0.717, 1.165) is 12.1 Å². The van der Waals surface area contributed by atoms with Crippen molar-refractivity contribution in [2.24, 2.45) is 0 Å². The van der Waals surface area contributed by atoms with E-state index in [1.165, 1.54) is 4.90 Å². The van der Waals surface area contributed by atoms with E-state index in [0.29, 0.717) is 19.2 Å². The van der Waals surface area contributed by atoms with E-state index in [1.807, 2.05) is 30.5 Å². The van der Waals surface area contributed by atoms with Gasteiger partial charge in [-0.2, -0.15) is 0 Å². The molecular formula is C15H21NO2S. The van der Waals surface area contributed by atoms with Crippen LogP contribution < -0.4 is 0 Å². The lowest BCUT2D eigenvalue weighted by Gasteiger charge is -2.36. The summed E-state index contributed by atoms with van der Waals surface area (Å²) >= 11 is 1.69. The minimum atomic E-state index is 0.189. The van der Waals surface area contributed by atoms with E-state index in [-0.39, 0.29) is 11.9 Å². The van der Waals surface area contributed by atoms with Crippen LogP contribution in [0, 0.1) is 0 Å². The van der Waals surface area contributed by atoms with E-state index < -0.39 is 0 Å². The first kappa shape index (κ1) is 14.6. The van der Waals surface area contributed by atoms with Crippen LogP contribution in [0.3, 0.4) is 0 Å². The fraction of sp³-hybridized carbons (Fsp3) is 0.533. The number of thioether (sulfide) groups is 1. The van der Waals surface area contributed by atoms with E-state index in [9.17, 15) is 4.79 Å². The Balaban J connectivity index is 1.99. The second-order valence-electron chi connectivity index (χ2n) is 5.07. The minimum Gasteiger partial charge on any atom is -0.376 e. The Kier molecular flexibility index (Phi) is 5.02. The summed E-state index contributed by atoms with van der Waals surface area (Å²) in [5, 5.41) is 0. The number of carbonyl (C=O) groups excluding carboxylic acids is 1. The summed E-state index contributed by atoms with van der Waals surface area (Å²) in [4.78, 5) is 15.7. The average molecular weight is 279 g/mol. The number of carbonyl (C=O) groups is 1. The molecule has 0 radical (unpaired) electrons. The first-order chi connectivity index (χ1) is 9.10. The number of Topliss-reactive ketones (excluding diaryl/α,β-unsaturated/α-hetero) is 1. The van der Waals surface area contributed by atoms with Crippen molar-refractivity contribution in [2.45, 2.75) is 30.9 Å². The summed E-state index contributed by atoms with van der Waals surface area (Å²) in [5.74, 6) is 0.189. The van der Waals surface area contributed by atoms with E-state index >= 15 is 0 Å². The number of ketones is 1. The summed E-state index contributed by atoms with van der Waals surface area (Å²) in [7, 11) is 0. The van der Waals surface area contributed by atoms with Crippen LogP contribution in [-0.2, 0) is 4.74 Å². The van der Waals surface area contributed by atoms with Crippen molar-refractivity contribution in [1.29, 1.82) is 0 Å². The van der Waals surface area contributed by atoms with Gasteiger partial charge in [0.15, 0.2) is 5.78 Å². The molecule has 1 fully saturated rings. The van der Waals surface area contributed by atoms with Crippen molar-refractivity contribution in [1.82, 2.24) is 4.90 Å². The van der Waals surface area contributed by atoms with Gasteiger partial charge >= 0.3 is 0 Å². The second-order valence-corrected chi connectivity index (χ2v) is 5.95. The molecule has 0 amide bonds. The van der Waals surface area contributed by atoms with Crippen molar-refractivity contribution in [2.75, 3.05) is 26.0 Å². The summed E-state index contributed by atoms with van der Waals surface area (Å²) in [5.41, 5.74) is 0.796. The van der Waals surface area contributed by atoms with Crippen molar-refractivity contribution >= 4 is 17.5 Å². The van der Waals surface area contributed by atoms with Gasteiger partial charge in [-0.3, -0.25) is 9.69 Å². The van der Waals surface area contributed by atoms with Crippen LogP contribution in [0.25, 0.3) is 0 Å². The number of nitrogens with zero attached hydrogens (tertiary/aromatic N) is 1. The smallest absolute Gasteiger partial charge is 0.176 e. The van der Waals surface area contributed by atoms with E-state index in [2.05, 4.69) is 18.7 Å². The standard InChI is InChI=1S/C15H21NO2S/c1-11-10-18-12(2)8-16(11)9-15(17)13-4-6-14(19-3)7-5-13/h4-7,11-12H,8-10H2,1-3H3. The molecule has 0 N–H and O–H groups in total. The summed E-state index contributed by atoms with van der Waals surface area (Å²) in [6.07, 6.45) is 2.25. The maximum atomic E-state index is 12.3. The van der Waals surface area contributed by atoms with Gasteiger partial charge in [-0.05, 0) is 32.2 Å². The Bertz CT molecular complexity index is 432. The largest absolute Gasteiger partial charge is 0.376 e. The Morgan fingerprint density at radius 1 is 1.37 bits per heavy atom. The van der Waals surface area contributed by atoms with Crippen molar-refractivity contribution in [3.63, 3.8) is 0 Å². The van der Waals surface area contributed by atoms with Gasteiger partial charge in [-0.25, -0.2) is 0 Å². The number of benzene rings is 1. The number of hydrogen-bond acceptors (Lipinski definition) is 4. The normalized spacial score (nSPS) is 24.4. The monoisotopic (exact) mass is 279 g/mol. The fourth-order valence-electron chi connectivity index (χ4n) is 2.24. The Morgan fingerprint density at radius 2 is 2.05 bits per heavy atom. The molecule has 104 valence electrons. The highest BCUT2D eigenvalue weighted by atomic mass is 32.2. The number of morpholine rings is 1. The number of hydrogen-bond donors (Lipinski definition) is 0. The molecule has 1 saturated heterocycles. The first-order valence-electron chi connectivity index (χ1n) is 6.63. The van der Waals surface area contributed by atoms with Crippen LogP contribution >= 0.6 is 11.8 Å². The molecule has 2 unspecified atom stereocenters. The minimum absolute atomic E-state index is 0.189. The van der Waals surface area contributed by atoms with Gasteiger partial charge < -0.3 is 4.74 Å². The molecule has 0 aromatic heterocycles. The molecule has 1 aromatic rings. The average Bonchev–Trinajstić information content (AvgIpc) is 2.43. The zero-order valence-corrected chi connectivity index (χ0v) is 12.6. The molecule has 4 heteroatoms. The van der Waals surface area contributed by atoms with Gasteiger partial charge in [-0.1, -0.05) is 12.1 Å². The van der Waals surface area contributed by atoms with Gasteiger partial charge in [-0.15, -0.1) is 11.8 Å². The molecule has 1 heterocycles. The van der Waals surface area contributed by atoms with Gasteiger partial charge in [0.05, 0.1) is 19.3 Å². The molecule has 0 aliphatic carbocycles. The quantitative estimate of drug-likeness (QED) is 0.626. The molecule has 1 aromatic carbocycles. The molecule has 0 spiro atoms. The van der Waals surface area contributed by atoms with Crippen LogP contribution in [0.5, 0.6) is 0 Å². The summed E-state index contributed by atoms with van der Waals surface area (Å²) in [6, 6.07) is 8.16. The third-order valence-corrected chi connectivity index (χ3v) is 4.24. The van der Waals surface area contributed by atoms with Crippen molar-refractivity contribution in [3.05, 3.63) is 29.8 Å². The Hall–Kier alpha value is -0.840. The second kappa shape index (κ2) is 6.55. The number of ether oxygens (including phenoxy) is 1. The molecule has 0 bridgehead atoms. The molecule has 2 atom stereocenters. The van der Waals surface area contributed by atoms with Crippen LogP contribution in [0.1, 0.15) is 24.2 Å². The predicted molar refractivity (Wildman–Crippen MR) is 79.0 cm³/mol. The lowest BCUT2D eigenvalue weighted by molar-refractivity contribution is -0.0460. The van der Waals surface area contributed by atoms with Gasteiger partial charge in [0.1, 0.15) is 0 Å². The van der Waals surface area contributed by atoms with Gasteiger partial charge in [0.2, 0.25) is 0 Å². The van der Waals surface area contributed by atoms with Crippen LogP contribution in [0.2, 0.25) is 0 Å². The SMILES string of the molecule is CSc1ccc(C(=O)CN2CC(C)OCC2C)cc1. The molecule has 1 aliphatic heterocycles. The topological polar surface area (TPSA) is 29.5 Å². The van der Waals surface area contributed by atoms with E-state index in [4.69, 9.17) is 4.74 Å². The van der Waals surface area contributed by atoms with Crippen LogP contribution in [0.15, 0.2) is 29.2 Å². The molecule has 19 heavy (non-hydrogen) atoms. The van der Waals surface area contributed by atoms with Crippen molar-refractivity contribution in [3.8, 4) is 0 Å². The zero-order chi connectivity index (χ0) is 13.8. The summed E-state index contributed by atoms with van der Waals surface area (Å²) in [6.45, 7) is 6.18. The third-order valence-electron chi connectivity index (χ3n) is 3.50.